The molecule has 20 heavy (non-hydrogen) atoms. The first-order valence-corrected chi connectivity index (χ1v) is 8.23. The van der Waals surface area contributed by atoms with Gasteiger partial charge < -0.3 is 10.4 Å². The number of carboxylic acid groups (broad SMARTS) is 1. The standard InChI is InChI=1S/C12H11BrN2O3S2/c1-6(2-10(16)17)14-11(18)8-5-20-12(15-8)9-3-7(13)4-19-9/h3-6H,2H2,1H3,(H,14,18)(H,16,17). The molecule has 0 spiro atoms. The molecule has 1 amide bonds. The Balaban J connectivity index is 2.05. The number of aliphatic carboxylic acids is 1. The van der Waals surface area contributed by atoms with Crippen molar-refractivity contribution in [1.82, 2.24) is 10.3 Å². The molecule has 1 unspecified atom stereocenters. The third kappa shape index (κ3) is 3.87. The van der Waals surface area contributed by atoms with Crippen molar-refractivity contribution in [1.29, 1.82) is 0 Å². The van der Waals surface area contributed by atoms with Crippen LogP contribution < -0.4 is 5.32 Å². The van der Waals surface area contributed by atoms with Gasteiger partial charge in [-0.05, 0) is 28.9 Å². The van der Waals surface area contributed by atoms with Gasteiger partial charge in [0.05, 0.1) is 11.3 Å². The average molecular weight is 375 g/mol. The summed E-state index contributed by atoms with van der Waals surface area (Å²) in [7, 11) is 0. The molecule has 0 saturated carbocycles. The minimum absolute atomic E-state index is 0.111. The van der Waals surface area contributed by atoms with Crippen molar-refractivity contribution in [3.05, 3.63) is 27.0 Å². The molecule has 0 aromatic carbocycles. The lowest BCUT2D eigenvalue weighted by Crippen LogP contribution is -2.34. The van der Waals surface area contributed by atoms with Crippen LogP contribution in [0.3, 0.4) is 0 Å². The monoisotopic (exact) mass is 374 g/mol. The summed E-state index contributed by atoms with van der Waals surface area (Å²) >= 11 is 6.30. The van der Waals surface area contributed by atoms with Crippen LogP contribution in [0.5, 0.6) is 0 Å². The maximum atomic E-state index is 11.9. The minimum Gasteiger partial charge on any atom is -0.481 e. The molecule has 0 radical (unpaired) electrons. The summed E-state index contributed by atoms with van der Waals surface area (Å²) in [6.45, 7) is 1.65. The highest BCUT2D eigenvalue weighted by Gasteiger charge is 2.16. The van der Waals surface area contributed by atoms with Crippen molar-refractivity contribution in [3.63, 3.8) is 0 Å². The normalized spacial score (nSPS) is 12.1. The molecule has 0 aliphatic rings. The average Bonchev–Trinajstić information content (AvgIpc) is 2.95. The predicted molar refractivity (Wildman–Crippen MR) is 82.3 cm³/mol. The van der Waals surface area contributed by atoms with Gasteiger partial charge in [0.1, 0.15) is 10.7 Å². The lowest BCUT2D eigenvalue weighted by atomic mass is 10.2. The van der Waals surface area contributed by atoms with E-state index in [0.29, 0.717) is 5.69 Å². The first-order chi connectivity index (χ1) is 9.45. The van der Waals surface area contributed by atoms with E-state index < -0.39 is 12.0 Å². The Morgan fingerprint density at radius 2 is 2.20 bits per heavy atom. The number of thiazole rings is 1. The molecule has 2 rings (SSSR count). The van der Waals surface area contributed by atoms with Crippen LogP contribution in [-0.4, -0.2) is 28.0 Å². The number of halogens is 1. The Morgan fingerprint density at radius 1 is 1.45 bits per heavy atom. The van der Waals surface area contributed by atoms with Gasteiger partial charge in [-0.1, -0.05) is 0 Å². The maximum absolute atomic E-state index is 11.9. The number of hydrogen-bond donors (Lipinski definition) is 2. The van der Waals surface area contributed by atoms with Crippen molar-refractivity contribution >= 4 is 50.5 Å². The van der Waals surface area contributed by atoms with Gasteiger partial charge in [-0.2, -0.15) is 0 Å². The molecule has 0 bridgehead atoms. The molecule has 0 saturated heterocycles. The van der Waals surface area contributed by atoms with Gasteiger partial charge >= 0.3 is 5.97 Å². The number of nitrogens with one attached hydrogen (secondary N) is 1. The number of hydrogen-bond acceptors (Lipinski definition) is 5. The second kappa shape index (κ2) is 6.47. The maximum Gasteiger partial charge on any atom is 0.305 e. The Morgan fingerprint density at radius 3 is 2.80 bits per heavy atom. The van der Waals surface area contributed by atoms with E-state index in [1.807, 2.05) is 11.4 Å². The number of nitrogens with zero attached hydrogens (tertiary/aromatic N) is 1. The van der Waals surface area contributed by atoms with Crippen LogP contribution in [-0.2, 0) is 4.79 Å². The van der Waals surface area contributed by atoms with Crippen LogP contribution in [0.2, 0.25) is 0 Å². The molecule has 0 aliphatic heterocycles. The summed E-state index contributed by atoms with van der Waals surface area (Å²) in [5, 5.41) is 15.7. The number of carbonyl (C=O) groups is 2. The highest BCUT2D eigenvalue weighted by molar-refractivity contribution is 9.10. The summed E-state index contributed by atoms with van der Waals surface area (Å²) < 4.78 is 0.980. The largest absolute Gasteiger partial charge is 0.481 e. The van der Waals surface area contributed by atoms with Crippen molar-refractivity contribution in [2.45, 2.75) is 19.4 Å². The first-order valence-electron chi connectivity index (χ1n) is 5.68. The van der Waals surface area contributed by atoms with Gasteiger partial charge in [0.2, 0.25) is 0 Å². The molecular weight excluding hydrogens is 364 g/mol. The SMILES string of the molecule is CC(CC(=O)O)NC(=O)c1csc(-c2cc(Br)cs2)n1. The summed E-state index contributed by atoms with van der Waals surface area (Å²) in [4.78, 5) is 27.7. The minimum atomic E-state index is -0.944. The molecule has 106 valence electrons. The first kappa shape index (κ1) is 15.1. The fourth-order valence-electron chi connectivity index (χ4n) is 1.53. The fraction of sp³-hybridized carbons (Fsp3) is 0.250. The lowest BCUT2D eigenvalue weighted by molar-refractivity contribution is -0.137. The zero-order valence-electron chi connectivity index (χ0n) is 10.4. The van der Waals surface area contributed by atoms with Crippen LogP contribution in [0.15, 0.2) is 21.3 Å². The van der Waals surface area contributed by atoms with Crippen LogP contribution in [0.1, 0.15) is 23.8 Å². The van der Waals surface area contributed by atoms with Crippen LogP contribution >= 0.6 is 38.6 Å². The second-order valence-corrected chi connectivity index (χ2v) is 6.82. The molecule has 2 N–H and O–H groups in total. The van der Waals surface area contributed by atoms with E-state index in [1.165, 1.54) is 11.3 Å². The van der Waals surface area contributed by atoms with E-state index >= 15 is 0 Å². The third-order valence-electron chi connectivity index (χ3n) is 2.37. The van der Waals surface area contributed by atoms with Gasteiger partial charge in [0.25, 0.3) is 5.91 Å². The van der Waals surface area contributed by atoms with Gasteiger partial charge in [-0.25, -0.2) is 4.98 Å². The third-order valence-corrected chi connectivity index (χ3v) is 5.08. The van der Waals surface area contributed by atoms with Crippen LogP contribution in [0.4, 0.5) is 0 Å². The molecule has 2 heterocycles. The van der Waals surface area contributed by atoms with E-state index in [2.05, 4.69) is 26.2 Å². The summed E-state index contributed by atoms with van der Waals surface area (Å²) in [5.41, 5.74) is 0.312. The smallest absolute Gasteiger partial charge is 0.305 e. The number of aromatic nitrogens is 1. The Bertz CT molecular complexity index is 638. The topological polar surface area (TPSA) is 79.3 Å². The Hall–Kier alpha value is -1.25. The highest BCUT2D eigenvalue weighted by Crippen LogP contribution is 2.31. The molecule has 0 aliphatic carbocycles. The zero-order valence-corrected chi connectivity index (χ0v) is 13.6. The summed E-state index contributed by atoms with van der Waals surface area (Å²) in [6, 6.07) is 1.51. The number of amides is 1. The Kier molecular flexibility index (Phi) is 4.90. The molecule has 8 heteroatoms. The van der Waals surface area contributed by atoms with E-state index in [9.17, 15) is 9.59 Å². The number of rotatable bonds is 5. The van der Waals surface area contributed by atoms with Crippen molar-refractivity contribution < 1.29 is 14.7 Å². The predicted octanol–water partition coefficient (Wildman–Crippen LogP) is 3.23. The summed E-state index contributed by atoms with van der Waals surface area (Å²) in [5.74, 6) is -1.29. The van der Waals surface area contributed by atoms with Crippen molar-refractivity contribution in [3.8, 4) is 9.88 Å². The van der Waals surface area contributed by atoms with Gasteiger partial charge in [-0.3, -0.25) is 9.59 Å². The van der Waals surface area contributed by atoms with Crippen LogP contribution in [0.25, 0.3) is 9.88 Å². The van der Waals surface area contributed by atoms with E-state index in [-0.39, 0.29) is 12.3 Å². The second-order valence-electron chi connectivity index (χ2n) is 4.14. The quantitative estimate of drug-likeness (QED) is 0.841. The van der Waals surface area contributed by atoms with E-state index in [4.69, 9.17) is 5.11 Å². The number of carbonyl (C=O) groups excluding carboxylic acids is 1. The fourth-order valence-corrected chi connectivity index (χ4v) is 3.83. The molecule has 2 aromatic heterocycles. The van der Waals surface area contributed by atoms with Crippen molar-refractivity contribution in [2.75, 3.05) is 0 Å². The van der Waals surface area contributed by atoms with Crippen LogP contribution in [0, 0.1) is 0 Å². The number of carboxylic acids is 1. The highest BCUT2D eigenvalue weighted by atomic mass is 79.9. The zero-order chi connectivity index (χ0) is 14.7. The molecule has 2 aromatic rings. The van der Waals surface area contributed by atoms with E-state index in [0.717, 1.165) is 14.4 Å². The van der Waals surface area contributed by atoms with E-state index in [1.54, 1.807) is 23.6 Å². The number of thiophene rings is 1. The molecular formula is C12H11BrN2O3S2. The summed E-state index contributed by atoms with van der Waals surface area (Å²) in [6.07, 6.45) is -0.111. The van der Waals surface area contributed by atoms with Crippen molar-refractivity contribution in [2.24, 2.45) is 0 Å². The molecule has 1 atom stereocenters. The molecule has 0 fully saturated rings. The van der Waals surface area contributed by atoms with Gasteiger partial charge in [-0.15, -0.1) is 22.7 Å². The van der Waals surface area contributed by atoms with Gasteiger partial charge in [0, 0.05) is 21.3 Å². The lowest BCUT2D eigenvalue weighted by Gasteiger charge is -2.09. The van der Waals surface area contributed by atoms with Gasteiger partial charge in [0.15, 0.2) is 0 Å². The molecule has 5 nitrogen and oxygen atoms in total. The Labute approximate surface area is 131 Å².